The first-order valence-corrected chi connectivity index (χ1v) is 13.2. The number of aliphatic hydroxyl groups is 1. The zero-order valence-corrected chi connectivity index (χ0v) is 21.0. The van der Waals surface area contributed by atoms with Crippen molar-refractivity contribution in [2.75, 3.05) is 39.3 Å². The first-order chi connectivity index (χ1) is 18.2. The summed E-state index contributed by atoms with van der Waals surface area (Å²) in [5.41, 5.74) is 6.17. The fourth-order valence-corrected chi connectivity index (χ4v) is 5.49. The number of nitrogens with zero attached hydrogens (tertiary/aromatic N) is 3. The number of ether oxygens (including phenoxy) is 1. The SMILES string of the molecule is OC(COc1cccc2ncccc12)CN1CCN(OC2c3ccccc3CCc3ccccc32)CC1. The minimum atomic E-state index is -0.569. The topological polar surface area (TPSA) is 58.1 Å². The molecule has 0 radical (unpaired) electrons. The van der Waals surface area contributed by atoms with Crippen LogP contribution in [-0.4, -0.2) is 65.5 Å². The Kier molecular flexibility index (Phi) is 7.15. The number of hydrogen-bond acceptors (Lipinski definition) is 6. The smallest absolute Gasteiger partial charge is 0.130 e. The van der Waals surface area contributed by atoms with Crippen LogP contribution in [0.5, 0.6) is 5.75 Å². The van der Waals surface area contributed by atoms with Crippen LogP contribution in [0.2, 0.25) is 0 Å². The van der Waals surface area contributed by atoms with Gasteiger partial charge in [-0.25, -0.2) is 0 Å². The number of β-amino-alcohol motifs (C(OH)–C–C–N with tert-alkyl or cyclic N) is 1. The Labute approximate surface area is 218 Å². The Morgan fingerprint density at radius 1 is 0.811 bits per heavy atom. The Morgan fingerprint density at radius 2 is 1.51 bits per heavy atom. The number of pyridine rings is 1. The molecule has 1 atom stereocenters. The lowest BCUT2D eigenvalue weighted by Crippen LogP contribution is -2.49. The van der Waals surface area contributed by atoms with Gasteiger partial charge >= 0.3 is 0 Å². The van der Waals surface area contributed by atoms with Gasteiger partial charge in [-0.2, -0.15) is 5.06 Å². The van der Waals surface area contributed by atoms with Crippen LogP contribution < -0.4 is 4.74 Å². The second-order valence-corrected chi connectivity index (χ2v) is 9.90. The van der Waals surface area contributed by atoms with Crippen LogP contribution in [0.25, 0.3) is 10.9 Å². The van der Waals surface area contributed by atoms with E-state index in [-0.39, 0.29) is 12.7 Å². The quantitative estimate of drug-likeness (QED) is 0.410. The third-order valence-corrected chi connectivity index (χ3v) is 7.43. The van der Waals surface area contributed by atoms with E-state index in [1.807, 2.05) is 30.3 Å². The van der Waals surface area contributed by atoms with Gasteiger partial charge in [-0.1, -0.05) is 54.6 Å². The van der Waals surface area contributed by atoms with Gasteiger partial charge in [-0.05, 0) is 59.4 Å². The molecule has 0 amide bonds. The van der Waals surface area contributed by atoms with Crippen LogP contribution in [0.3, 0.4) is 0 Å². The van der Waals surface area contributed by atoms with Crippen LogP contribution in [-0.2, 0) is 17.7 Å². The third-order valence-electron chi connectivity index (χ3n) is 7.43. The van der Waals surface area contributed by atoms with E-state index < -0.39 is 6.10 Å². The molecule has 0 spiro atoms. The van der Waals surface area contributed by atoms with Crippen molar-refractivity contribution in [3.05, 3.63) is 107 Å². The molecule has 1 saturated heterocycles. The zero-order chi connectivity index (χ0) is 25.0. The first kappa shape index (κ1) is 24.1. The molecule has 1 aliphatic carbocycles. The van der Waals surface area contributed by atoms with Gasteiger partial charge in [-0.3, -0.25) is 14.7 Å². The average Bonchev–Trinajstić information content (AvgIpc) is 3.10. The van der Waals surface area contributed by atoms with Gasteiger partial charge in [0.1, 0.15) is 24.6 Å². The molecule has 1 fully saturated rings. The molecule has 1 aliphatic heterocycles. The number of piperazine rings is 1. The maximum Gasteiger partial charge on any atom is 0.130 e. The Hall–Kier alpha value is -3.29. The van der Waals surface area contributed by atoms with Gasteiger partial charge < -0.3 is 9.84 Å². The molecule has 6 rings (SSSR count). The zero-order valence-electron chi connectivity index (χ0n) is 21.0. The van der Waals surface area contributed by atoms with E-state index in [2.05, 4.69) is 63.5 Å². The van der Waals surface area contributed by atoms with Gasteiger partial charge in [0, 0.05) is 44.3 Å². The van der Waals surface area contributed by atoms with Crippen LogP contribution in [0.4, 0.5) is 0 Å². The van der Waals surface area contributed by atoms with Crippen molar-refractivity contribution in [2.24, 2.45) is 0 Å². The third kappa shape index (κ3) is 5.38. The average molecular weight is 496 g/mol. The largest absolute Gasteiger partial charge is 0.490 e. The molecule has 1 unspecified atom stereocenters. The van der Waals surface area contributed by atoms with Crippen molar-refractivity contribution in [1.29, 1.82) is 0 Å². The number of rotatable bonds is 7. The molecule has 1 aromatic heterocycles. The molecule has 190 valence electrons. The number of benzene rings is 3. The standard InChI is InChI=1S/C31H33N3O3/c35-25(22-36-30-13-5-12-29-28(30)11-6-16-32-29)21-33-17-19-34(20-18-33)37-31-26-9-3-1-7-23(26)14-15-24-8-2-4-10-27(24)31/h1-13,16,25,31,35H,14-15,17-22H2. The normalized spacial score (nSPS) is 17.6. The highest BCUT2D eigenvalue weighted by molar-refractivity contribution is 5.84. The summed E-state index contributed by atoms with van der Waals surface area (Å²) >= 11 is 0. The predicted molar refractivity (Wildman–Crippen MR) is 144 cm³/mol. The highest BCUT2D eigenvalue weighted by Gasteiger charge is 2.28. The highest BCUT2D eigenvalue weighted by Crippen LogP contribution is 2.36. The monoisotopic (exact) mass is 495 g/mol. The van der Waals surface area contributed by atoms with Crippen LogP contribution in [0.1, 0.15) is 28.4 Å². The van der Waals surface area contributed by atoms with Gasteiger partial charge in [0.25, 0.3) is 0 Å². The predicted octanol–water partition coefficient (Wildman–Crippen LogP) is 4.41. The Balaban J connectivity index is 1.05. The molecular formula is C31H33N3O3. The maximum atomic E-state index is 10.7. The van der Waals surface area contributed by atoms with E-state index in [0.717, 1.165) is 55.7 Å². The molecule has 6 heteroatoms. The van der Waals surface area contributed by atoms with Crippen LogP contribution in [0.15, 0.2) is 85.1 Å². The van der Waals surface area contributed by atoms with Gasteiger partial charge in [0.15, 0.2) is 0 Å². The lowest BCUT2D eigenvalue weighted by atomic mass is 9.97. The Morgan fingerprint density at radius 3 is 2.24 bits per heavy atom. The molecule has 4 aromatic rings. The lowest BCUT2D eigenvalue weighted by Gasteiger charge is -2.37. The van der Waals surface area contributed by atoms with Gasteiger partial charge in [0.2, 0.25) is 0 Å². The molecule has 3 aromatic carbocycles. The molecule has 1 N–H and O–H groups in total. The van der Waals surface area contributed by atoms with Gasteiger partial charge in [-0.15, -0.1) is 0 Å². The van der Waals surface area contributed by atoms with Crippen LogP contribution in [0, 0.1) is 0 Å². The molecule has 6 nitrogen and oxygen atoms in total. The molecule has 2 aliphatic rings. The number of fused-ring (bicyclic) bond motifs is 3. The van der Waals surface area contributed by atoms with Gasteiger partial charge in [0.05, 0.1) is 5.52 Å². The van der Waals surface area contributed by atoms with E-state index in [9.17, 15) is 5.11 Å². The minimum absolute atomic E-state index is 0.0874. The molecule has 2 heterocycles. The molecule has 37 heavy (non-hydrogen) atoms. The molecule has 0 saturated carbocycles. The van der Waals surface area contributed by atoms with Crippen molar-refractivity contribution in [1.82, 2.24) is 14.9 Å². The van der Waals surface area contributed by atoms with Crippen molar-refractivity contribution in [3.8, 4) is 5.75 Å². The fourth-order valence-electron chi connectivity index (χ4n) is 5.49. The van der Waals surface area contributed by atoms with Crippen molar-refractivity contribution < 1.29 is 14.7 Å². The highest BCUT2D eigenvalue weighted by atomic mass is 16.7. The van der Waals surface area contributed by atoms with E-state index in [0.29, 0.717) is 6.54 Å². The maximum absolute atomic E-state index is 10.7. The second-order valence-electron chi connectivity index (χ2n) is 9.90. The lowest BCUT2D eigenvalue weighted by molar-refractivity contribution is -0.204. The Bertz CT molecular complexity index is 1300. The van der Waals surface area contributed by atoms with E-state index >= 15 is 0 Å². The van der Waals surface area contributed by atoms with E-state index in [1.54, 1.807) is 6.20 Å². The second kappa shape index (κ2) is 11.0. The summed E-state index contributed by atoms with van der Waals surface area (Å²) in [5.74, 6) is 0.756. The number of aryl methyl sites for hydroxylation is 2. The molecular weight excluding hydrogens is 462 g/mol. The van der Waals surface area contributed by atoms with E-state index in [1.165, 1.54) is 22.3 Å². The minimum Gasteiger partial charge on any atom is -0.490 e. The van der Waals surface area contributed by atoms with Crippen molar-refractivity contribution in [3.63, 3.8) is 0 Å². The summed E-state index contributed by atoms with van der Waals surface area (Å²) in [7, 11) is 0. The van der Waals surface area contributed by atoms with E-state index in [4.69, 9.17) is 9.57 Å². The summed E-state index contributed by atoms with van der Waals surface area (Å²) in [6.07, 6.45) is 3.19. The first-order valence-electron chi connectivity index (χ1n) is 13.2. The summed E-state index contributed by atoms with van der Waals surface area (Å²) < 4.78 is 5.97. The fraction of sp³-hybridized carbons (Fsp3) is 0.323. The summed E-state index contributed by atoms with van der Waals surface area (Å²) in [5, 5.41) is 13.8. The number of aliphatic hydroxyl groups excluding tert-OH is 1. The number of hydrogen-bond donors (Lipinski definition) is 1. The van der Waals surface area contributed by atoms with Crippen LogP contribution >= 0.6 is 0 Å². The van der Waals surface area contributed by atoms with Crippen molar-refractivity contribution >= 4 is 10.9 Å². The molecule has 0 bridgehead atoms. The van der Waals surface area contributed by atoms with Crippen molar-refractivity contribution in [2.45, 2.75) is 25.0 Å². The number of hydroxylamine groups is 2. The summed E-state index contributed by atoms with van der Waals surface area (Å²) in [6, 6.07) is 27.1. The number of aromatic nitrogens is 1. The summed E-state index contributed by atoms with van der Waals surface area (Å²) in [6.45, 7) is 4.09. The summed E-state index contributed by atoms with van der Waals surface area (Å²) in [4.78, 5) is 13.3.